The van der Waals surface area contributed by atoms with Crippen molar-refractivity contribution in [3.63, 3.8) is 0 Å². The number of benzene rings is 1. The highest BCUT2D eigenvalue weighted by atomic mass is 19.1. The standard InChI is InChI=1S/C16H13FN4O3/c1-9(19-15(23)12-6-7-14(22)21-20-12)16-18-8-13(24-16)10-2-4-11(17)5-3-10/h2-9H,1H3,(H,19,23)(H,21,22). The Kier molecular flexibility index (Phi) is 4.19. The van der Waals surface area contributed by atoms with Crippen LogP contribution in [0.4, 0.5) is 4.39 Å². The molecule has 122 valence electrons. The van der Waals surface area contributed by atoms with Gasteiger partial charge in [-0.3, -0.25) is 9.59 Å². The Morgan fingerprint density at radius 2 is 2.00 bits per heavy atom. The zero-order chi connectivity index (χ0) is 17.1. The summed E-state index contributed by atoms with van der Waals surface area (Å²) in [4.78, 5) is 27.1. The lowest BCUT2D eigenvalue weighted by Crippen LogP contribution is -2.28. The number of carbonyl (C=O) groups excluding carboxylic acids is 1. The van der Waals surface area contributed by atoms with Crippen LogP contribution in [0.2, 0.25) is 0 Å². The fourth-order valence-corrected chi connectivity index (χ4v) is 2.04. The Morgan fingerprint density at radius 1 is 1.25 bits per heavy atom. The van der Waals surface area contributed by atoms with Crippen LogP contribution in [-0.4, -0.2) is 21.1 Å². The highest BCUT2D eigenvalue weighted by Gasteiger charge is 2.17. The minimum atomic E-state index is -0.513. The van der Waals surface area contributed by atoms with E-state index in [-0.39, 0.29) is 11.5 Å². The summed E-state index contributed by atoms with van der Waals surface area (Å²) in [6, 6.07) is 7.82. The van der Waals surface area contributed by atoms with Gasteiger partial charge < -0.3 is 9.73 Å². The van der Waals surface area contributed by atoms with E-state index in [0.29, 0.717) is 17.2 Å². The average Bonchev–Trinajstić information content (AvgIpc) is 3.06. The molecule has 1 unspecified atom stereocenters. The minimum absolute atomic E-state index is 0.0757. The maximum atomic E-state index is 12.9. The molecule has 0 bridgehead atoms. The van der Waals surface area contributed by atoms with E-state index in [2.05, 4.69) is 20.5 Å². The number of H-pyrrole nitrogens is 1. The van der Waals surface area contributed by atoms with Gasteiger partial charge in [0.2, 0.25) is 5.89 Å². The molecule has 2 N–H and O–H groups in total. The van der Waals surface area contributed by atoms with E-state index in [9.17, 15) is 14.0 Å². The number of halogens is 1. The van der Waals surface area contributed by atoms with Crippen molar-refractivity contribution in [2.45, 2.75) is 13.0 Å². The van der Waals surface area contributed by atoms with Crippen molar-refractivity contribution in [1.29, 1.82) is 0 Å². The number of oxazole rings is 1. The van der Waals surface area contributed by atoms with Gasteiger partial charge in [-0.2, -0.15) is 5.10 Å². The number of amides is 1. The van der Waals surface area contributed by atoms with Crippen LogP contribution in [0.25, 0.3) is 11.3 Å². The summed E-state index contributed by atoms with van der Waals surface area (Å²) in [5, 5.41) is 8.50. The maximum Gasteiger partial charge on any atom is 0.272 e. The topological polar surface area (TPSA) is 101 Å². The molecule has 1 amide bonds. The van der Waals surface area contributed by atoms with Gasteiger partial charge in [0.05, 0.1) is 6.20 Å². The van der Waals surface area contributed by atoms with Crippen molar-refractivity contribution in [3.8, 4) is 11.3 Å². The predicted octanol–water partition coefficient (Wildman–Crippen LogP) is 2.05. The van der Waals surface area contributed by atoms with Crippen molar-refractivity contribution in [2.75, 3.05) is 0 Å². The lowest BCUT2D eigenvalue weighted by atomic mass is 10.2. The predicted molar refractivity (Wildman–Crippen MR) is 82.6 cm³/mol. The number of rotatable bonds is 4. The molecule has 8 heteroatoms. The van der Waals surface area contributed by atoms with Crippen LogP contribution in [0.3, 0.4) is 0 Å². The summed E-state index contributed by atoms with van der Waals surface area (Å²) in [5.74, 6) is -0.0480. The van der Waals surface area contributed by atoms with E-state index in [0.717, 1.165) is 0 Å². The first-order chi connectivity index (χ1) is 11.5. The third kappa shape index (κ3) is 3.37. The molecular weight excluding hydrogens is 315 g/mol. The smallest absolute Gasteiger partial charge is 0.272 e. The summed E-state index contributed by atoms with van der Waals surface area (Å²) in [6.07, 6.45) is 1.50. The van der Waals surface area contributed by atoms with Crippen LogP contribution in [0.15, 0.2) is 51.8 Å². The van der Waals surface area contributed by atoms with Crippen LogP contribution in [0.5, 0.6) is 0 Å². The van der Waals surface area contributed by atoms with Gasteiger partial charge in [0.15, 0.2) is 5.76 Å². The van der Waals surface area contributed by atoms with Crippen LogP contribution >= 0.6 is 0 Å². The quantitative estimate of drug-likeness (QED) is 0.763. The molecule has 0 spiro atoms. The number of nitrogens with zero attached hydrogens (tertiary/aromatic N) is 2. The average molecular weight is 328 g/mol. The highest BCUT2D eigenvalue weighted by Crippen LogP contribution is 2.23. The molecule has 24 heavy (non-hydrogen) atoms. The molecule has 0 saturated carbocycles. The largest absolute Gasteiger partial charge is 0.438 e. The number of hydrogen-bond acceptors (Lipinski definition) is 5. The minimum Gasteiger partial charge on any atom is -0.438 e. The van der Waals surface area contributed by atoms with Crippen molar-refractivity contribution in [3.05, 3.63) is 70.4 Å². The van der Waals surface area contributed by atoms with Gasteiger partial charge >= 0.3 is 0 Å². The fourth-order valence-electron chi connectivity index (χ4n) is 2.04. The van der Waals surface area contributed by atoms with Crippen LogP contribution in [-0.2, 0) is 0 Å². The summed E-state index contributed by atoms with van der Waals surface area (Å²) in [7, 11) is 0. The molecule has 0 aliphatic rings. The van der Waals surface area contributed by atoms with E-state index in [1.54, 1.807) is 19.1 Å². The lowest BCUT2D eigenvalue weighted by molar-refractivity contribution is 0.0928. The molecular formula is C16H13FN4O3. The zero-order valence-corrected chi connectivity index (χ0v) is 12.6. The first-order valence-corrected chi connectivity index (χ1v) is 7.11. The van der Waals surface area contributed by atoms with Gasteiger partial charge in [0.1, 0.15) is 17.6 Å². The third-order valence-electron chi connectivity index (χ3n) is 3.28. The second kappa shape index (κ2) is 6.45. The Morgan fingerprint density at radius 3 is 2.67 bits per heavy atom. The molecule has 0 saturated heterocycles. The molecule has 7 nitrogen and oxygen atoms in total. The van der Waals surface area contributed by atoms with E-state index >= 15 is 0 Å². The molecule has 2 aromatic heterocycles. The van der Waals surface area contributed by atoms with Crippen molar-refractivity contribution in [1.82, 2.24) is 20.5 Å². The van der Waals surface area contributed by atoms with Crippen molar-refractivity contribution in [2.24, 2.45) is 0 Å². The molecule has 1 atom stereocenters. The van der Waals surface area contributed by atoms with Crippen LogP contribution in [0, 0.1) is 5.82 Å². The molecule has 0 radical (unpaired) electrons. The monoisotopic (exact) mass is 328 g/mol. The highest BCUT2D eigenvalue weighted by molar-refractivity contribution is 5.92. The van der Waals surface area contributed by atoms with Crippen LogP contribution < -0.4 is 10.9 Å². The van der Waals surface area contributed by atoms with Gasteiger partial charge in [-0.05, 0) is 37.3 Å². The zero-order valence-electron chi connectivity index (χ0n) is 12.6. The van der Waals surface area contributed by atoms with E-state index in [1.165, 1.54) is 30.5 Å². The Bertz CT molecular complexity index is 897. The van der Waals surface area contributed by atoms with E-state index in [1.807, 2.05) is 0 Å². The molecule has 0 fully saturated rings. The van der Waals surface area contributed by atoms with E-state index in [4.69, 9.17) is 4.42 Å². The molecule has 0 aliphatic carbocycles. The molecule has 3 rings (SSSR count). The molecule has 1 aromatic carbocycles. The summed E-state index contributed by atoms with van der Waals surface area (Å²) in [5.41, 5.74) is 0.360. The number of nitrogens with one attached hydrogen (secondary N) is 2. The van der Waals surface area contributed by atoms with Gasteiger partial charge in [-0.15, -0.1) is 0 Å². The van der Waals surface area contributed by atoms with Crippen molar-refractivity contribution >= 4 is 5.91 Å². The number of carbonyl (C=O) groups is 1. The number of hydrogen-bond donors (Lipinski definition) is 2. The lowest BCUT2D eigenvalue weighted by Gasteiger charge is -2.09. The second-order valence-electron chi connectivity index (χ2n) is 5.07. The van der Waals surface area contributed by atoms with Gasteiger partial charge in [-0.1, -0.05) is 0 Å². The second-order valence-corrected chi connectivity index (χ2v) is 5.07. The summed E-state index contributed by atoms with van der Waals surface area (Å²) < 4.78 is 18.5. The Labute approximate surface area is 135 Å². The Hall–Kier alpha value is -3.29. The molecule has 0 aliphatic heterocycles. The van der Waals surface area contributed by atoms with Crippen molar-refractivity contribution < 1.29 is 13.6 Å². The molecule has 3 aromatic rings. The normalized spacial score (nSPS) is 11.9. The first kappa shape index (κ1) is 15.6. The van der Waals surface area contributed by atoms with Gasteiger partial charge in [0.25, 0.3) is 11.5 Å². The summed E-state index contributed by atoms with van der Waals surface area (Å²) in [6.45, 7) is 1.70. The Balaban J connectivity index is 1.72. The van der Waals surface area contributed by atoms with E-state index < -0.39 is 17.5 Å². The van der Waals surface area contributed by atoms with Crippen LogP contribution in [0.1, 0.15) is 29.3 Å². The van der Waals surface area contributed by atoms with Gasteiger partial charge in [-0.25, -0.2) is 14.5 Å². The molecule has 2 heterocycles. The summed E-state index contributed by atoms with van der Waals surface area (Å²) >= 11 is 0. The SMILES string of the molecule is CC(NC(=O)c1ccc(=O)[nH]n1)c1ncc(-c2ccc(F)cc2)o1. The van der Waals surface area contributed by atoms with Gasteiger partial charge in [0, 0.05) is 11.6 Å². The first-order valence-electron chi connectivity index (χ1n) is 7.11. The number of aromatic nitrogens is 3. The maximum absolute atomic E-state index is 12.9. The third-order valence-corrected chi connectivity index (χ3v) is 3.28. The fraction of sp³-hybridized carbons (Fsp3) is 0.125. The number of aromatic amines is 1.